The van der Waals surface area contributed by atoms with Crippen molar-refractivity contribution in [2.45, 2.75) is 18.9 Å². The number of hydrogen-bond donors (Lipinski definition) is 2. The second-order valence-electron chi connectivity index (χ2n) is 9.02. The minimum absolute atomic E-state index is 0.0786. The minimum atomic E-state index is -1.12. The van der Waals surface area contributed by atoms with Crippen LogP contribution in [0.3, 0.4) is 0 Å². The number of carbonyl (C=O) groups is 2. The summed E-state index contributed by atoms with van der Waals surface area (Å²) >= 11 is 0. The Kier molecular flexibility index (Phi) is 5.24. The van der Waals surface area contributed by atoms with Crippen LogP contribution in [0, 0.1) is 17.3 Å². The minimum Gasteiger partial charge on any atom is -0.480 e. The van der Waals surface area contributed by atoms with Crippen molar-refractivity contribution in [3.63, 3.8) is 0 Å². The van der Waals surface area contributed by atoms with E-state index in [0.29, 0.717) is 17.6 Å². The number of carboxylic acid groups (broad SMARTS) is 1. The number of carboxylic acids is 1. The van der Waals surface area contributed by atoms with E-state index in [0.717, 1.165) is 22.3 Å². The number of likely N-dealkylation sites (tertiary alicyclic amines) is 1. The fourth-order valence-corrected chi connectivity index (χ4v) is 5.26. The molecule has 6 heteroatoms. The summed E-state index contributed by atoms with van der Waals surface area (Å²) in [6.07, 6.45) is -0.733. The quantitative estimate of drug-likeness (QED) is 0.577. The van der Waals surface area contributed by atoms with Crippen molar-refractivity contribution in [3.8, 4) is 23.0 Å². The molecule has 0 radical (unpaired) electrons. The summed E-state index contributed by atoms with van der Waals surface area (Å²) in [5.41, 5.74) is 3.70. The summed E-state index contributed by atoms with van der Waals surface area (Å²) in [5.74, 6) is 4.70. The molecule has 1 amide bonds. The Morgan fingerprint density at radius 1 is 1.13 bits per heavy atom. The smallest absolute Gasteiger partial charge is 0.407 e. The zero-order valence-corrected chi connectivity index (χ0v) is 18.0. The van der Waals surface area contributed by atoms with Gasteiger partial charge in [-0.3, -0.25) is 0 Å². The Hall–Kier alpha value is -3.30. The average molecular weight is 420 g/mol. The van der Waals surface area contributed by atoms with Gasteiger partial charge in [0.1, 0.15) is 19.7 Å². The lowest BCUT2D eigenvalue weighted by atomic mass is 9.72. The van der Waals surface area contributed by atoms with Gasteiger partial charge in [-0.1, -0.05) is 54.5 Å². The summed E-state index contributed by atoms with van der Waals surface area (Å²) < 4.78 is 6.21. The first-order chi connectivity index (χ1) is 14.8. The molecule has 0 spiro atoms. The van der Waals surface area contributed by atoms with Crippen LogP contribution in [0.15, 0.2) is 48.5 Å². The molecule has 1 heterocycles. The van der Waals surface area contributed by atoms with Gasteiger partial charge in [0.05, 0.1) is 14.1 Å². The molecule has 2 N–H and O–H groups in total. The molecule has 0 unspecified atom stereocenters. The van der Waals surface area contributed by atoms with Crippen molar-refractivity contribution in [3.05, 3.63) is 59.7 Å². The Morgan fingerprint density at radius 3 is 2.16 bits per heavy atom. The molecule has 2 aromatic carbocycles. The summed E-state index contributed by atoms with van der Waals surface area (Å²) in [7, 11) is 4.03. The number of benzene rings is 2. The second kappa shape index (κ2) is 7.75. The Balaban J connectivity index is 1.49. The third-order valence-electron chi connectivity index (χ3n) is 6.20. The van der Waals surface area contributed by atoms with Crippen molar-refractivity contribution >= 4 is 12.1 Å². The molecule has 1 atom stereocenters. The standard InChI is InChI=1S/C25H26N2O4/c1-4-13-25(15-27(2,3)16-25)22(23(28)29)26-24(30)31-14-21-19-11-7-5-9-17(19)18-10-6-8-12-20(18)21/h5-12,21-22H,14-16H2,1-3H3,(H-,26,28,29,30)/p+1/t22-/m1/s1. The average Bonchev–Trinajstić information content (AvgIpc) is 3.03. The molecular weight excluding hydrogens is 392 g/mol. The normalized spacial score (nSPS) is 18.4. The fourth-order valence-electron chi connectivity index (χ4n) is 5.26. The van der Waals surface area contributed by atoms with Crippen LogP contribution < -0.4 is 5.32 Å². The monoisotopic (exact) mass is 419 g/mol. The van der Waals surface area contributed by atoms with Gasteiger partial charge in [-0.15, -0.1) is 5.92 Å². The van der Waals surface area contributed by atoms with Crippen LogP contribution in [0.1, 0.15) is 24.0 Å². The van der Waals surface area contributed by atoms with Gasteiger partial charge in [-0.25, -0.2) is 9.59 Å². The van der Waals surface area contributed by atoms with Gasteiger partial charge in [0.25, 0.3) is 0 Å². The maximum absolute atomic E-state index is 12.6. The first-order valence-corrected chi connectivity index (χ1v) is 10.4. The van der Waals surface area contributed by atoms with Crippen LogP contribution in [-0.4, -0.2) is 61.5 Å². The van der Waals surface area contributed by atoms with E-state index >= 15 is 0 Å². The lowest BCUT2D eigenvalue weighted by Gasteiger charge is -2.52. The zero-order chi connectivity index (χ0) is 22.2. The second-order valence-corrected chi connectivity index (χ2v) is 9.02. The van der Waals surface area contributed by atoms with Gasteiger partial charge in [-0.05, 0) is 29.2 Å². The highest BCUT2D eigenvalue weighted by molar-refractivity contribution is 5.82. The number of hydrogen-bond acceptors (Lipinski definition) is 3. The van der Waals surface area contributed by atoms with Gasteiger partial charge in [0.15, 0.2) is 11.5 Å². The van der Waals surface area contributed by atoms with Crippen LogP contribution in [0.2, 0.25) is 0 Å². The Morgan fingerprint density at radius 2 is 1.68 bits per heavy atom. The summed E-state index contributed by atoms with van der Waals surface area (Å²) in [6.45, 7) is 2.93. The van der Waals surface area contributed by atoms with E-state index in [9.17, 15) is 14.7 Å². The molecule has 0 saturated carbocycles. The topological polar surface area (TPSA) is 75.6 Å². The molecule has 1 saturated heterocycles. The maximum Gasteiger partial charge on any atom is 0.407 e. The molecule has 6 nitrogen and oxygen atoms in total. The highest BCUT2D eigenvalue weighted by Gasteiger charge is 2.59. The van der Waals surface area contributed by atoms with Crippen molar-refractivity contribution in [2.24, 2.45) is 5.41 Å². The number of nitrogens with one attached hydrogen (secondary N) is 1. The molecule has 1 aliphatic heterocycles. The molecule has 1 fully saturated rings. The zero-order valence-electron chi connectivity index (χ0n) is 18.0. The molecule has 1 aliphatic carbocycles. The van der Waals surface area contributed by atoms with E-state index in [1.807, 2.05) is 50.5 Å². The van der Waals surface area contributed by atoms with Gasteiger partial charge in [0, 0.05) is 5.92 Å². The number of aliphatic carboxylic acids is 1. The van der Waals surface area contributed by atoms with Crippen molar-refractivity contribution in [1.29, 1.82) is 0 Å². The van der Waals surface area contributed by atoms with Crippen LogP contribution in [0.5, 0.6) is 0 Å². The molecule has 160 valence electrons. The van der Waals surface area contributed by atoms with Crippen molar-refractivity contribution < 1.29 is 23.9 Å². The van der Waals surface area contributed by atoms with E-state index in [4.69, 9.17) is 4.74 Å². The Labute approximate surface area is 182 Å². The van der Waals surface area contributed by atoms with E-state index < -0.39 is 23.5 Å². The SMILES string of the molecule is CC#CC1([C@H](NC(=O)OCC2c3ccccc3-c3ccccc32)C(=O)O)C[N+](C)(C)C1. The molecule has 0 aromatic heterocycles. The van der Waals surface area contributed by atoms with Gasteiger partial charge < -0.3 is 19.6 Å². The van der Waals surface area contributed by atoms with Crippen LogP contribution in [-0.2, 0) is 9.53 Å². The lowest BCUT2D eigenvalue weighted by molar-refractivity contribution is -0.946. The van der Waals surface area contributed by atoms with Gasteiger partial charge in [-0.2, -0.15) is 0 Å². The van der Waals surface area contributed by atoms with Crippen LogP contribution in [0.4, 0.5) is 4.79 Å². The predicted molar refractivity (Wildman–Crippen MR) is 117 cm³/mol. The number of rotatable bonds is 5. The van der Waals surface area contributed by atoms with E-state index in [1.165, 1.54) is 0 Å². The summed E-state index contributed by atoms with van der Waals surface area (Å²) in [6, 6.07) is 15.0. The highest BCUT2D eigenvalue weighted by Crippen LogP contribution is 2.44. The summed E-state index contributed by atoms with van der Waals surface area (Å²) in [4.78, 5) is 24.6. The first kappa shape index (κ1) is 21.0. The van der Waals surface area contributed by atoms with Crippen molar-refractivity contribution in [2.75, 3.05) is 33.8 Å². The largest absolute Gasteiger partial charge is 0.480 e. The van der Waals surface area contributed by atoms with Crippen LogP contribution in [0.25, 0.3) is 11.1 Å². The molecule has 4 rings (SSSR count). The number of fused-ring (bicyclic) bond motifs is 3. The highest BCUT2D eigenvalue weighted by atomic mass is 16.5. The maximum atomic E-state index is 12.6. The Bertz CT molecular complexity index is 1040. The van der Waals surface area contributed by atoms with Gasteiger partial charge in [0.2, 0.25) is 0 Å². The fraction of sp³-hybridized carbons (Fsp3) is 0.360. The van der Waals surface area contributed by atoms with E-state index in [2.05, 4.69) is 29.3 Å². The van der Waals surface area contributed by atoms with E-state index in [1.54, 1.807) is 6.92 Å². The van der Waals surface area contributed by atoms with Crippen LogP contribution >= 0.6 is 0 Å². The molecule has 2 aromatic rings. The van der Waals surface area contributed by atoms with Gasteiger partial charge >= 0.3 is 12.1 Å². The third kappa shape index (κ3) is 3.77. The van der Waals surface area contributed by atoms with Crippen molar-refractivity contribution in [1.82, 2.24) is 5.32 Å². The number of alkyl carbamates (subject to hydrolysis) is 1. The number of amides is 1. The first-order valence-electron chi connectivity index (χ1n) is 10.4. The number of nitrogens with zero attached hydrogens (tertiary/aromatic N) is 1. The predicted octanol–water partition coefficient (Wildman–Crippen LogP) is 3.08. The van der Waals surface area contributed by atoms with E-state index in [-0.39, 0.29) is 12.5 Å². The number of quaternary nitrogens is 1. The summed E-state index contributed by atoms with van der Waals surface area (Å²) in [5, 5.41) is 12.4. The molecular formula is C25H27N2O4+. The molecule has 31 heavy (non-hydrogen) atoms. The third-order valence-corrected chi connectivity index (χ3v) is 6.20. The molecule has 2 aliphatic rings. The molecule has 0 bridgehead atoms. The number of ether oxygens (including phenoxy) is 1. The number of carbonyl (C=O) groups excluding carboxylic acids is 1. The lowest BCUT2D eigenvalue weighted by Crippen LogP contribution is -2.73.